The fraction of sp³-hybridized carbons (Fsp3) is 0.429. The van der Waals surface area contributed by atoms with Gasteiger partial charge in [0.1, 0.15) is 23.7 Å². The second kappa shape index (κ2) is 8.28. The second-order valence-electron chi connectivity index (χ2n) is 7.26. The maximum atomic E-state index is 12.7. The Morgan fingerprint density at radius 1 is 1.26 bits per heavy atom. The van der Waals surface area contributed by atoms with Crippen molar-refractivity contribution < 1.29 is 14.6 Å². The predicted octanol–water partition coefficient (Wildman–Crippen LogP) is 3.79. The summed E-state index contributed by atoms with van der Waals surface area (Å²) in [6.07, 6.45) is 1.73. The number of benzene rings is 1. The summed E-state index contributed by atoms with van der Waals surface area (Å²) in [5.74, 6) is 0.483. The highest BCUT2D eigenvalue weighted by Gasteiger charge is 2.33. The fourth-order valence-electron chi connectivity index (χ4n) is 3.28. The van der Waals surface area contributed by atoms with Gasteiger partial charge < -0.3 is 14.7 Å². The van der Waals surface area contributed by atoms with Gasteiger partial charge in [0.25, 0.3) is 5.91 Å². The van der Waals surface area contributed by atoms with Crippen LogP contribution in [0.15, 0.2) is 36.4 Å². The molecular weight excluding hydrogens is 364 g/mol. The molecular formula is C21H25ClN2O3. The zero-order chi connectivity index (χ0) is 19.4. The molecule has 6 heteroatoms. The van der Waals surface area contributed by atoms with Gasteiger partial charge in [-0.3, -0.25) is 4.79 Å². The lowest BCUT2D eigenvalue weighted by Gasteiger charge is -2.27. The van der Waals surface area contributed by atoms with E-state index in [1.165, 1.54) is 0 Å². The van der Waals surface area contributed by atoms with Crippen molar-refractivity contribution >= 4 is 17.5 Å². The number of aryl methyl sites for hydroxylation is 2. The predicted molar refractivity (Wildman–Crippen MR) is 105 cm³/mol. The minimum atomic E-state index is -0.984. The third kappa shape index (κ3) is 4.99. The number of nitrogens with zero attached hydrogens (tertiary/aromatic N) is 2. The van der Waals surface area contributed by atoms with Crippen LogP contribution in [0.4, 0.5) is 0 Å². The molecule has 1 saturated heterocycles. The number of hydrogen-bond donors (Lipinski definition) is 1. The highest BCUT2D eigenvalue weighted by molar-refractivity contribution is 6.32. The van der Waals surface area contributed by atoms with Gasteiger partial charge in [-0.25, -0.2) is 4.98 Å². The number of aliphatic hydroxyl groups is 1. The average Bonchev–Trinajstić information content (AvgIpc) is 2.84. The molecule has 27 heavy (non-hydrogen) atoms. The Hall–Kier alpha value is -2.11. The first-order chi connectivity index (χ1) is 12.9. The van der Waals surface area contributed by atoms with E-state index in [0.717, 1.165) is 11.3 Å². The third-order valence-corrected chi connectivity index (χ3v) is 5.21. The van der Waals surface area contributed by atoms with Crippen LogP contribution in [0.1, 0.15) is 41.0 Å². The van der Waals surface area contributed by atoms with Crippen molar-refractivity contribution in [2.75, 3.05) is 19.7 Å². The molecule has 0 spiro atoms. The van der Waals surface area contributed by atoms with Gasteiger partial charge in [0.15, 0.2) is 0 Å². The number of carbonyl (C=O) groups is 1. The van der Waals surface area contributed by atoms with E-state index in [1.807, 2.05) is 38.1 Å². The number of ether oxygens (including phenoxy) is 1. The molecule has 1 fully saturated rings. The Kier molecular flexibility index (Phi) is 6.02. The topological polar surface area (TPSA) is 62.7 Å². The first-order valence-corrected chi connectivity index (χ1v) is 9.58. The molecule has 0 aliphatic carbocycles. The molecule has 0 radical (unpaired) electrons. The Morgan fingerprint density at radius 3 is 2.85 bits per heavy atom. The minimum absolute atomic E-state index is 0.0920. The summed E-state index contributed by atoms with van der Waals surface area (Å²) in [7, 11) is 0. The Morgan fingerprint density at radius 2 is 2.07 bits per heavy atom. The van der Waals surface area contributed by atoms with Gasteiger partial charge >= 0.3 is 0 Å². The lowest BCUT2D eigenvalue weighted by Crippen LogP contribution is -2.38. The summed E-state index contributed by atoms with van der Waals surface area (Å²) in [6.45, 7) is 5.05. The van der Waals surface area contributed by atoms with Crippen LogP contribution in [0.2, 0.25) is 5.02 Å². The number of pyridine rings is 1. The van der Waals surface area contributed by atoms with E-state index >= 15 is 0 Å². The van der Waals surface area contributed by atoms with Gasteiger partial charge in [-0.05, 0) is 62.9 Å². The third-order valence-electron chi connectivity index (χ3n) is 4.89. The zero-order valence-corrected chi connectivity index (χ0v) is 16.5. The van der Waals surface area contributed by atoms with Crippen molar-refractivity contribution in [2.24, 2.45) is 0 Å². The zero-order valence-electron chi connectivity index (χ0n) is 15.7. The van der Waals surface area contributed by atoms with E-state index in [9.17, 15) is 9.90 Å². The number of halogens is 1. The maximum absolute atomic E-state index is 12.7. The van der Waals surface area contributed by atoms with Gasteiger partial charge in [0, 0.05) is 18.8 Å². The molecule has 0 bridgehead atoms. The molecule has 3 rings (SSSR count). The van der Waals surface area contributed by atoms with E-state index < -0.39 is 5.60 Å². The Labute approximate surface area is 164 Å². The molecule has 1 aromatic carbocycles. The number of likely N-dealkylation sites (tertiary alicyclic amines) is 1. The van der Waals surface area contributed by atoms with Gasteiger partial charge in [-0.2, -0.15) is 0 Å². The minimum Gasteiger partial charge on any atom is -0.489 e. The van der Waals surface area contributed by atoms with E-state index in [0.29, 0.717) is 48.8 Å². The highest BCUT2D eigenvalue weighted by atomic mass is 35.5. The fourth-order valence-corrected chi connectivity index (χ4v) is 3.46. The summed E-state index contributed by atoms with van der Waals surface area (Å²) < 4.78 is 5.81. The lowest BCUT2D eigenvalue weighted by atomic mass is 9.96. The van der Waals surface area contributed by atoms with Crippen LogP contribution in [0, 0.1) is 13.8 Å². The quantitative estimate of drug-likeness (QED) is 0.865. The van der Waals surface area contributed by atoms with Crippen molar-refractivity contribution in [2.45, 2.75) is 38.7 Å². The van der Waals surface area contributed by atoms with Crippen LogP contribution >= 0.6 is 11.6 Å². The normalized spacial score (nSPS) is 20.2. The summed E-state index contributed by atoms with van der Waals surface area (Å²) in [5.41, 5.74) is 1.32. The largest absolute Gasteiger partial charge is 0.489 e. The van der Waals surface area contributed by atoms with E-state index in [2.05, 4.69) is 4.98 Å². The van der Waals surface area contributed by atoms with Crippen LogP contribution in [-0.2, 0) is 0 Å². The lowest BCUT2D eigenvalue weighted by molar-refractivity contribution is -0.0163. The molecule has 1 N–H and O–H groups in total. The summed E-state index contributed by atoms with van der Waals surface area (Å²) in [5, 5.41) is 11.5. The molecule has 1 unspecified atom stereocenters. The van der Waals surface area contributed by atoms with Gasteiger partial charge in [0.2, 0.25) is 0 Å². The molecule has 5 nitrogen and oxygen atoms in total. The summed E-state index contributed by atoms with van der Waals surface area (Å²) in [4.78, 5) is 18.8. The molecule has 2 heterocycles. The molecule has 2 aromatic rings. The average molecular weight is 389 g/mol. The maximum Gasteiger partial charge on any atom is 0.272 e. The van der Waals surface area contributed by atoms with Crippen LogP contribution < -0.4 is 4.74 Å². The Balaban J connectivity index is 1.63. The summed E-state index contributed by atoms with van der Waals surface area (Å²) in [6, 6.07) is 11.0. The van der Waals surface area contributed by atoms with Gasteiger partial charge in [-0.15, -0.1) is 0 Å². The SMILES string of the molecule is Cc1ccc(Cl)c(OCC2(O)CCCN(C(=O)c3cccc(C)n3)CC2)c1. The molecule has 0 saturated carbocycles. The first-order valence-electron chi connectivity index (χ1n) is 9.21. The summed E-state index contributed by atoms with van der Waals surface area (Å²) >= 11 is 6.17. The van der Waals surface area contributed by atoms with Crippen molar-refractivity contribution in [3.05, 3.63) is 58.4 Å². The number of rotatable bonds is 4. The van der Waals surface area contributed by atoms with Crippen LogP contribution in [-0.4, -0.2) is 46.2 Å². The monoisotopic (exact) mass is 388 g/mol. The number of hydrogen-bond acceptors (Lipinski definition) is 4. The van der Waals surface area contributed by atoms with Crippen molar-refractivity contribution in [3.63, 3.8) is 0 Å². The highest BCUT2D eigenvalue weighted by Crippen LogP contribution is 2.29. The number of aromatic nitrogens is 1. The first kappa shape index (κ1) is 19.6. The van der Waals surface area contributed by atoms with E-state index in [1.54, 1.807) is 17.0 Å². The van der Waals surface area contributed by atoms with E-state index in [-0.39, 0.29) is 12.5 Å². The van der Waals surface area contributed by atoms with Gasteiger partial charge in [0.05, 0.1) is 5.02 Å². The molecule has 1 aliphatic heterocycles. The molecule has 1 aliphatic rings. The molecule has 144 valence electrons. The van der Waals surface area contributed by atoms with E-state index in [4.69, 9.17) is 16.3 Å². The van der Waals surface area contributed by atoms with Crippen LogP contribution in [0.3, 0.4) is 0 Å². The number of carbonyl (C=O) groups excluding carboxylic acids is 1. The van der Waals surface area contributed by atoms with Gasteiger partial charge in [-0.1, -0.05) is 23.7 Å². The van der Waals surface area contributed by atoms with Crippen molar-refractivity contribution in [1.82, 2.24) is 9.88 Å². The van der Waals surface area contributed by atoms with Crippen LogP contribution in [0.25, 0.3) is 0 Å². The number of amides is 1. The van der Waals surface area contributed by atoms with Crippen LogP contribution in [0.5, 0.6) is 5.75 Å². The molecule has 1 atom stereocenters. The smallest absolute Gasteiger partial charge is 0.272 e. The Bertz CT molecular complexity index is 827. The molecule has 1 amide bonds. The second-order valence-corrected chi connectivity index (χ2v) is 7.66. The standard InChI is InChI=1S/C21H25ClN2O3/c1-15-7-8-17(22)19(13-15)27-14-21(26)9-4-11-24(12-10-21)20(25)18-6-3-5-16(2)23-18/h3,5-8,13,26H,4,9-12,14H2,1-2H3. The molecule has 1 aromatic heterocycles. The van der Waals surface area contributed by atoms with Crippen molar-refractivity contribution in [1.29, 1.82) is 0 Å². The van der Waals surface area contributed by atoms with Crippen molar-refractivity contribution in [3.8, 4) is 5.75 Å².